The van der Waals surface area contributed by atoms with E-state index in [4.69, 9.17) is 20.9 Å². The van der Waals surface area contributed by atoms with Crippen molar-refractivity contribution in [2.24, 2.45) is 0 Å². The number of carbonyl (C=O) groups is 1. The molecular weight excluding hydrogens is 312 g/mol. The lowest BCUT2D eigenvalue weighted by atomic mass is 9.75. The minimum Gasteiger partial charge on any atom is -0.399 e. The van der Waals surface area contributed by atoms with E-state index >= 15 is 0 Å². The van der Waals surface area contributed by atoms with Crippen LogP contribution in [0.15, 0.2) is 18.2 Å². The van der Waals surface area contributed by atoms with Crippen molar-refractivity contribution in [3.05, 3.63) is 29.3 Å². The number of benzene rings is 1. The molecule has 0 saturated carbocycles. The molecule has 126 valence electrons. The maximum atomic E-state index is 12.2. The fourth-order valence-corrected chi connectivity index (χ4v) is 2.51. The Bertz CT molecular complexity index is 573. The predicted molar refractivity (Wildman–Crippen MR) is 94.6 cm³/mol. The van der Waals surface area contributed by atoms with E-state index in [1.807, 2.05) is 52.8 Å². The van der Waals surface area contributed by atoms with E-state index in [1.54, 1.807) is 0 Å². The summed E-state index contributed by atoms with van der Waals surface area (Å²) in [6.45, 7) is 10.6. The molecule has 23 heavy (non-hydrogen) atoms. The first-order valence-corrected chi connectivity index (χ1v) is 8.52. The van der Waals surface area contributed by atoms with Crippen LogP contribution in [0.1, 0.15) is 50.0 Å². The summed E-state index contributed by atoms with van der Waals surface area (Å²) in [5, 5.41) is 2.86. The summed E-state index contributed by atoms with van der Waals surface area (Å²) in [4.78, 5) is 12.2. The summed E-state index contributed by atoms with van der Waals surface area (Å²) in [5.74, 6) is 0.431. The molecule has 0 unspecified atom stereocenters. The molecule has 1 saturated heterocycles. The van der Waals surface area contributed by atoms with Gasteiger partial charge in [0, 0.05) is 18.0 Å². The zero-order valence-electron chi connectivity index (χ0n) is 14.5. The molecule has 1 aliphatic rings. The van der Waals surface area contributed by atoms with Crippen LogP contribution in [-0.2, 0) is 9.31 Å². The number of carbonyl (C=O) groups excluding carboxylic acids is 1. The Hall–Kier alpha value is -1.04. The van der Waals surface area contributed by atoms with E-state index in [1.165, 1.54) is 0 Å². The van der Waals surface area contributed by atoms with Crippen molar-refractivity contribution < 1.29 is 14.1 Å². The zero-order chi connectivity index (χ0) is 17.3. The van der Waals surface area contributed by atoms with E-state index in [9.17, 15) is 4.79 Å². The first-order chi connectivity index (χ1) is 10.7. The molecule has 1 aromatic rings. The minimum absolute atomic E-state index is 0.104. The molecule has 1 fully saturated rings. The van der Waals surface area contributed by atoms with Gasteiger partial charge in [-0.25, -0.2) is 0 Å². The van der Waals surface area contributed by atoms with Crippen LogP contribution in [0.2, 0.25) is 0 Å². The van der Waals surface area contributed by atoms with Gasteiger partial charge in [-0.2, -0.15) is 0 Å². The maximum absolute atomic E-state index is 12.2. The van der Waals surface area contributed by atoms with E-state index in [2.05, 4.69) is 5.32 Å². The third kappa shape index (κ3) is 3.90. The maximum Gasteiger partial charge on any atom is 0.495 e. The van der Waals surface area contributed by atoms with Gasteiger partial charge < -0.3 is 14.6 Å². The Morgan fingerprint density at radius 1 is 1.22 bits per heavy atom. The number of hydrogen-bond acceptors (Lipinski definition) is 3. The molecule has 1 N–H and O–H groups in total. The fraction of sp³-hybridized carbons (Fsp3) is 0.588. The van der Waals surface area contributed by atoms with Crippen molar-refractivity contribution >= 4 is 30.1 Å². The van der Waals surface area contributed by atoms with Gasteiger partial charge in [-0.1, -0.05) is 11.6 Å². The molecule has 6 heteroatoms. The molecule has 1 aromatic carbocycles. The highest BCUT2D eigenvalue weighted by atomic mass is 35.5. The normalized spacial score (nSPS) is 19.0. The van der Waals surface area contributed by atoms with Crippen LogP contribution >= 0.6 is 11.6 Å². The van der Waals surface area contributed by atoms with Crippen LogP contribution in [0, 0.1) is 6.92 Å². The number of rotatable bonds is 5. The van der Waals surface area contributed by atoms with Crippen molar-refractivity contribution in [3.63, 3.8) is 0 Å². The van der Waals surface area contributed by atoms with Crippen LogP contribution < -0.4 is 10.8 Å². The summed E-state index contributed by atoms with van der Waals surface area (Å²) in [5.41, 5.74) is 1.75. The molecular formula is C17H25BClNO3. The molecule has 0 spiro atoms. The average molecular weight is 338 g/mol. The second kappa shape index (κ2) is 6.84. The summed E-state index contributed by atoms with van der Waals surface area (Å²) in [7, 11) is -0.462. The van der Waals surface area contributed by atoms with Gasteiger partial charge in [0.1, 0.15) is 0 Å². The Labute approximate surface area is 144 Å². The Morgan fingerprint density at radius 2 is 1.83 bits per heavy atom. The number of alkyl halides is 1. The van der Waals surface area contributed by atoms with Crippen LogP contribution in [0.4, 0.5) is 0 Å². The molecule has 0 radical (unpaired) electrons. The quantitative estimate of drug-likeness (QED) is 0.510. The second-order valence-electron chi connectivity index (χ2n) is 6.96. The molecule has 0 bridgehead atoms. The first-order valence-electron chi connectivity index (χ1n) is 7.98. The zero-order valence-corrected chi connectivity index (χ0v) is 15.3. The first kappa shape index (κ1) is 18.3. The van der Waals surface area contributed by atoms with E-state index in [0.29, 0.717) is 18.0 Å². The smallest absolute Gasteiger partial charge is 0.399 e. The van der Waals surface area contributed by atoms with Crippen LogP contribution in [0.3, 0.4) is 0 Å². The lowest BCUT2D eigenvalue weighted by Crippen LogP contribution is -2.41. The van der Waals surface area contributed by atoms with Crippen LogP contribution in [0.25, 0.3) is 0 Å². The van der Waals surface area contributed by atoms with Crippen molar-refractivity contribution in [2.75, 3.05) is 12.4 Å². The monoisotopic (exact) mass is 337 g/mol. The number of hydrogen-bond donors (Lipinski definition) is 1. The topological polar surface area (TPSA) is 47.6 Å². The molecule has 0 aromatic heterocycles. The van der Waals surface area contributed by atoms with Crippen molar-refractivity contribution in [3.8, 4) is 0 Å². The minimum atomic E-state index is -0.462. The Balaban J connectivity index is 2.20. The average Bonchev–Trinajstić information content (AvgIpc) is 2.68. The largest absolute Gasteiger partial charge is 0.495 e. The van der Waals surface area contributed by atoms with E-state index in [-0.39, 0.29) is 5.91 Å². The summed E-state index contributed by atoms with van der Waals surface area (Å²) in [6.07, 6.45) is 0.753. The fourth-order valence-electron chi connectivity index (χ4n) is 2.38. The van der Waals surface area contributed by atoms with Gasteiger partial charge >= 0.3 is 7.12 Å². The molecule has 0 aliphatic carbocycles. The lowest BCUT2D eigenvalue weighted by molar-refractivity contribution is 0.00578. The van der Waals surface area contributed by atoms with Crippen LogP contribution in [-0.4, -0.2) is 36.7 Å². The van der Waals surface area contributed by atoms with Crippen molar-refractivity contribution in [1.29, 1.82) is 0 Å². The number of amides is 1. The molecule has 0 atom stereocenters. The number of aryl methyl sites for hydroxylation is 1. The predicted octanol–water partition coefficient (Wildman–Crippen LogP) is 2.65. The lowest BCUT2D eigenvalue weighted by Gasteiger charge is -2.32. The van der Waals surface area contributed by atoms with Crippen molar-refractivity contribution in [2.45, 2.75) is 52.2 Å². The highest BCUT2D eigenvalue weighted by Crippen LogP contribution is 2.36. The molecule has 4 nitrogen and oxygen atoms in total. The number of nitrogens with one attached hydrogen (secondary N) is 1. The summed E-state index contributed by atoms with van der Waals surface area (Å²) >= 11 is 5.63. The third-order valence-electron chi connectivity index (χ3n) is 4.64. The van der Waals surface area contributed by atoms with Gasteiger partial charge in [-0.3, -0.25) is 4.79 Å². The summed E-state index contributed by atoms with van der Waals surface area (Å²) < 4.78 is 12.2. The number of halogens is 1. The molecule has 1 heterocycles. The van der Waals surface area contributed by atoms with Crippen molar-refractivity contribution in [1.82, 2.24) is 5.32 Å². The molecule has 2 rings (SSSR count). The van der Waals surface area contributed by atoms with Gasteiger partial charge in [0.15, 0.2) is 0 Å². The molecule has 1 aliphatic heterocycles. The van der Waals surface area contributed by atoms with Gasteiger partial charge in [0.2, 0.25) is 0 Å². The van der Waals surface area contributed by atoms with Gasteiger partial charge in [0.05, 0.1) is 11.2 Å². The Kier molecular flexibility index (Phi) is 5.44. The van der Waals surface area contributed by atoms with Gasteiger partial charge in [-0.15, -0.1) is 11.6 Å². The van der Waals surface area contributed by atoms with E-state index in [0.717, 1.165) is 17.4 Å². The SMILES string of the molecule is Cc1ccc(C(=O)NCCCCl)cc1B1OC(C)(C)C(C)(C)O1. The Morgan fingerprint density at radius 3 is 2.39 bits per heavy atom. The summed E-state index contributed by atoms with van der Waals surface area (Å²) in [6, 6.07) is 5.60. The third-order valence-corrected chi connectivity index (χ3v) is 4.91. The highest BCUT2D eigenvalue weighted by molar-refractivity contribution is 6.62. The standard InChI is InChI=1S/C17H25BClNO3/c1-12-7-8-13(15(21)20-10-6-9-19)11-14(12)18-22-16(2,3)17(4,5)23-18/h7-8,11H,6,9-10H2,1-5H3,(H,20,21). The van der Waals surface area contributed by atoms with Crippen LogP contribution in [0.5, 0.6) is 0 Å². The second-order valence-corrected chi connectivity index (χ2v) is 7.34. The molecule has 1 amide bonds. The van der Waals surface area contributed by atoms with E-state index < -0.39 is 18.3 Å². The van der Waals surface area contributed by atoms with Gasteiger partial charge in [-0.05, 0) is 58.6 Å². The van der Waals surface area contributed by atoms with Gasteiger partial charge in [0.25, 0.3) is 5.91 Å². The highest BCUT2D eigenvalue weighted by Gasteiger charge is 2.52.